The summed E-state index contributed by atoms with van der Waals surface area (Å²) in [4.78, 5) is 0. The summed E-state index contributed by atoms with van der Waals surface area (Å²) in [6.07, 6.45) is 4.37. The zero-order chi connectivity index (χ0) is 10.8. The average molecular weight is 199 g/mol. The molecule has 0 radical (unpaired) electrons. The Morgan fingerprint density at radius 2 is 2.07 bits per heavy atom. The molecule has 0 aliphatic heterocycles. The van der Waals surface area contributed by atoms with E-state index in [9.17, 15) is 0 Å². The van der Waals surface area contributed by atoms with Crippen molar-refractivity contribution in [2.24, 2.45) is 23.5 Å². The van der Waals surface area contributed by atoms with Crippen LogP contribution in [0.15, 0.2) is 0 Å². The van der Waals surface area contributed by atoms with Crippen LogP contribution in [-0.2, 0) is 0 Å². The molecule has 1 saturated carbocycles. The second-order valence-corrected chi connectivity index (χ2v) is 5.44. The molecule has 1 aliphatic rings. The lowest BCUT2D eigenvalue weighted by atomic mass is 9.64. The number of hydrogen-bond acceptors (Lipinski definition) is 2. The van der Waals surface area contributed by atoms with Gasteiger partial charge < -0.3 is 10.8 Å². The van der Waals surface area contributed by atoms with Gasteiger partial charge >= 0.3 is 0 Å². The minimum Gasteiger partial charge on any atom is -0.396 e. The molecule has 0 aromatic heterocycles. The maximum absolute atomic E-state index is 9.09. The highest BCUT2D eigenvalue weighted by molar-refractivity contribution is 4.97. The smallest absolute Gasteiger partial charge is 0.0448 e. The molecule has 14 heavy (non-hydrogen) atoms. The van der Waals surface area contributed by atoms with Gasteiger partial charge in [-0.15, -0.1) is 0 Å². The van der Waals surface area contributed by atoms with Crippen LogP contribution in [0, 0.1) is 17.8 Å². The average Bonchev–Trinajstić information content (AvgIpc) is 2.02. The molecule has 1 rings (SSSR count). The molecule has 1 fully saturated rings. The van der Waals surface area contributed by atoms with E-state index in [0.717, 1.165) is 18.8 Å². The first kappa shape index (κ1) is 12.0. The van der Waals surface area contributed by atoms with E-state index in [-0.39, 0.29) is 12.1 Å². The van der Waals surface area contributed by atoms with Crippen LogP contribution in [0.1, 0.15) is 46.5 Å². The lowest BCUT2D eigenvalue weighted by Gasteiger charge is -2.45. The third-order valence-electron chi connectivity index (χ3n) is 3.82. The highest BCUT2D eigenvalue weighted by Gasteiger charge is 2.40. The van der Waals surface area contributed by atoms with Gasteiger partial charge in [0.15, 0.2) is 0 Å². The van der Waals surface area contributed by atoms with Gasteiger partial charge in [0.2, 0.25) is 0 Å². The SMILES string of the molecule is CC1CCC(C(C)C)C(N)(CCO)C1. The molecule has 3 N–H and O–H groups in total. The van der Waals surface area contributed by atoms with Crippen LogP contribution in [0.25, 0.3) is 0 Å². The van der Waals surface area contributed by atoms with E-state index >= 15 is 0 Å². The van der Waals surface area contributed by atoms with Crippen molar-refractivity contribution >= 4 is 0 Å². The molecular weight excluding hydrogens is 174 g/mol. The van der Waals surface area contributed by atoms with Crippen LogP contribution >= 0.6 is 0 Å². The van der Waals surface area contributed by atoms with Crippen molar-refractivity contribution in [3.05, 3.63) is 0 Å². The van der Waals surface area contributed by atoms with Crippen molar-refractivity contribution in [3.8, 4) is 0 Å². The third-order valence-corrected chi connectivity index (χ3v) is 3.82. The van der Waals surface area contributed by atoms with Crippen molar-refractivity contribution in [2.45, 2.75) is 52.0 Å². The fourth-order valence-corrected chi connectivity index (χ4v) is 3.15. The predicted octanol–water partition coefficient (Wildman–Crippen LogP) is 2.16. The Morgan fingerprint density at radius 3 is 2.57 bits per heavy atom. The van der Waals surface area contributed by atoms with Crippen molar-refractivity contribution in [2.75, 3.05) is 6.61 Å². The maximum atomic E-state index is 9.09. The standard InChI is InChI=1S/C12H25NO/c1-9(2)11-5-4-10(3)8-12(11,13)6-7-14/h9-11,14H,4-8,13H2,1-3H3. The van der Waals surface area contributed by atoms with Gasteiger partial charge in [0.1, 0.15) is 0 Å². The highest BCUT2D eigenvalue weighted by Crippen LogP contribution is 2.41. The van der Waals surface area contributed by atoms with E-state index < -0.39 is 0 Å². The van der Waals surface area contributed by atoms with E-state index in [1.807, 2.05) is 0 Å². The van der Waals surface area contributed by atoms with E-state index in [2.05, 4.69) is 20.8 Å². The molecule has 84 valence electrons. The molecule has 2 heteroatoms. The normalized spacial score (nSPS) is 39.0. The van der Waals surface area contributed by atoms with Gasteiger partial charge in [-0.1, -0.05) is 27.2 Å². The lowest BCUT2D eigenvalue weighted by Crippen LogP contribution is -2.53. The molecule has 0 aromatic carbocycles. The van der Waals surface area contributed by atoms with Crippen molar-refractivity contribution in [3.63, 3.8) is 0 Å². The van der Waals surface area contributed by atoms with Gasteiger partial charge in [-0.3, -0.25) is 0 Å². The molecule has 1 aliphatic carbocycles. The zero-order valence-corrected chi connectivity index (χ0v) is 9.79. The van der Waals surface area contributed by atoms with Crippen molar-refractivity contribution < 1.29 is 5.11 Å². The Labute approximate surface area is 87.9 Å². The van der Waals surface area contributed by atoms with Gasteiger partial charge in [-0.05, 0) is 37.0 Å². The summed E-state index contributed by atoms with van der Waals surface area (Å²) in [5.74, 6) is 1.95. The third kappa shape index (κ3) is 2.48. The first-order valence-electron chi connectivity index (χ1n) is 5.89. The minimum absolute atomic E-state index is 0.111. The summed E-state index contributed by atoms with van der Waals surface area (Å²) in [5, 5.41) is 9.09. The summed E-state index contributed by atoms with van der Waals surface area (Å²) in [6.45, 7) is 7.00. The molecule has 0 amide bonds. The largest absolute Gasteiger partial charge is 0.396 e. The molecule has 0 heterocycles. The number of nitrogens with two attached hydrogens (primary N) is 1. The Hall–Kier alpha value is -0.0800. The van der Waals surface area contributed by atoms with Gasteiger partial charge in [-0.2, -0.15) is 0 Å². The number of rotatable bonds is 3. The van der Waals surface area contributed by atoms with Gasteiger partial charge in [-0.25, -0.2) is 0 Å². The predicted molar refractivity (Wildman–Crippen MR) is 60.0 cm³/mol. The van der Waals surface area contributed by atoms with Crippen LogP contribution in [0.2, 0.25) is 0 Å². The lowest BCUT2D eigenvalue weighted by molar-refractivity contribution is 0.0829. The summed E-state index contributed by atoms with van der Waals surface area (Å²) in [7, 11) is 0. The number of hydrogen-bond donors (Lipinski definition) is 2. The monoisotopic (exact) mass is 199 g/mol. The number of aliphatic hydroxyl groups excluding tert-OH is 1. The summed E-state index contributed by atoms with van der Waals surface area (Å²) >= 11 is 0. The summed E-state index contributed by atoms with van der Waals surface area (Å²) in [5.41, 5.74) is 6.33. The summed E-state index contributed by atoms with van der Waals surface area (Å²) in [6, 6.07) is 0. The van der Waals surface area contributed by atoms with Crippen molar-refractivity contribution in [1.29, 1.82) is 0 Å². The van der Waals surface area contributed by atoms with Crippen LogP contribution < -0.4 is 5.73 Å². The molecule has 0 saturated heterocycles. The molecule has 0 aromatic rings. The van der Waals surface area contributed by atoms with Gasteiger partial charge in [0, 0.05) is 12.1 Å². The van der Waals surface area contributed by atoms with E-state index in [1.165, 1.54) is 12.8 Å². The van der Waals surface area contributed by atoms with Gasteiger partial charge in [0.05, 0.1) is 0 Å². The maximum Gasteiger partial charge on any atom is 0.0448 e. The zero-order valence-electron chi connectivity index (χ0n) is 9.79. The highest BCUT2D eigenvalue weighted by atomic mass is 16.3. The molecule has 0 spiro atoms. The first-order valence-corrected chi connectivity index (χ1v) is 5.89. The fourth-order valence-electron chi connectivity index (χ4n) is 3.15. The topological polar surface area (TPSA) is 46.2 Å². The Kier molecular flexibility index (Phi) is 3.96. The molecular formula is C12H25NO. The Morgan fingerprint density at radius 1 is 1.43 bits per heavy atom. The Balaban J connectivity index is 2.72. The van der Waals surface area contributed by atoms with Crippen molar-refractivity contribution in [1.82, 2.24) is 0 Å². The van der Waals surface area contributed by atoms with E-state index in [4.69, 9.17) is 10.8 Å². The molecule has 3 unspecified atom stereocenters. The van der Waals surface area contributed by atoms with Crippen LogP contribution in [0.5, 0.6) is 0 Å². The summed E-state index contributed by atoms with van der Waals surface area (Å²) < 4.78 is 0. The van der Waals surface area contributed by atoms with Crippen LogP contribution in [0.4, 0.5) is 0 Å². The second kappa shape index (κ2) is 4.63. The molecule has 3 atom stereocenters. The first-order chi connectivity index (χ1) is 6.49. The Bertz CT molecular complexity index is 181. The van der Waals surface area contributed by atoms with E-state index in [1.54, 1.807) is 0 Å². The fraction of sp³-hybridized carbons (Fsp3) is 1.00. The quantitative estimate of drug-likeness (QED) is 0.731. The van der Waals surface area contributed by atoms with Crippen LogP contribution in [-0.4, -0.2) is 17.3 Å². The van der Waals surface area contributed by atoms with Gasteiger partial charge in [0.25, 0.3) is 0 Å². The van der Waals surface area contributed by atoms with Crippen LogP contribution in [0.3, 0.4) is 0 Å². The number of aliphatic hydroxyl groups is 1. The second-order valence-electron chi connectivity index (χ2n) is 5.44. The van der Waals surface area contributed by atoms with E-state index in [0.29, 0.717) is 11.8 Å². The molecule has 2 nitrogen and oxygen atoms in total. The minimum atomic E-state index is -0.111. The molecule has 0 bridgehead atoms.